The molecule has 11 heavy (non-hydrogen) atoms. The predicted octanol–water partition coefficient (Wildman–Crippen LogP) is 2.79. The van der Waals surface area contributed by atoms with E-state index in [-0.39, 0.29) is 6.42 Å². The highest BCUT2D eigenvalue weighted by molar-refractivity contribution is 4.64. The molecule has 0 spiro atoms. The van der Waals surface area contributed by atoms with E-state index in [1.54, 1.807) is 0 Å². The van der Waals surface area contributed by atoms with Crippen LogP contribution in [0.1, 0.15) is 19.8 Å². The van der Waals surface area contributed by atoms with Crippen LogP contribution in [-0.2, 0) is 0 Å². The van der Waals surface area contributed by atoms with Crippen molar-refractivity contribution in [1.82, 2.24) is 5.34 Å². The molecule has 0 saturated carbocycles. The van der Waals surface area contributed by atoms with Crippen LogP contribution >= 0.6 is 0 Å². The van der Waals surface area contributed by atoms with E-state index in [0.717, 1.165) is 0 Å². The summed E-state index contributed by atoms with van der Waals surface area (Å²) < 4.78 is 57.6. The molecule has 1 unspecified atom stereocenters. The minimum atomic E-state index is -4.52. The number of halogens is 5. The van der Waals surface area contributed by atoms with E-state index in [9.17, 15) is 22.1 Å². The average Bonchev–Trinajstić information content (AvgIpc) is 1.80. The fraction of sp³-hybridized carbons (Fsp3) is 1.00. The molecule has 0 aromatic heterocycles. The molecule has 1 nitrogen and oxygen atoms in total. The molecule has 68 valence electrons. The van der Waals surface area contributed by atoms with Gasteiger partial charge in [-0.05, 0) is 6.42 Å². The quantitative estimate of drug-likeness (QED) is 0.473. The molecule has 0 N–H and O–H groups in total. The van der Waals surface area contributed by atoms with Gasteiger partial charge in [0.1, 0.15) is 0 Å². The largest absolute Gasteiger partial charge is 0.390 e. The Kier molecular flexibility index (Phi) is 3.71. The second-order valence-electron chi connectivity index (χ2n) is 2.14. The van der Waals surface area contributed by atoms with Crippen LogP contribution in [0, 0.1) is 0 Å². The lowest BCUT2D eigenvalue weighted by molar-refractivity contribution is -0.224. The van der Waals surface area contributed by atoms with Crippen molar-refractivity contribution >= 4 is 0 Å². The topological polar surface area (TPSA) is 3.24 Å². The highest BCUT2D eigenvalue weighted by Crippen LogP contribution is 2.25. The van der Waals surface area contributed by atoms with Gasteiger partial charge in [0.25, 0.3) is 0 Å². The van der Waals surface area contributed by atoms with Crippen molar-refractivity contribution in [3.63, 3.8) is 0 Å². The number of rotatable bonds is 3. The maximum atomic E-state index is 11.6. The second-order valence-corrected chi connectivity index (χ2v) is 2.14. The first kappa shape index (κ1) is 10.6. The van der Waals surface area contributed by atoms with Gasteiger partial charge in [-0.1, -0.05) is 6.92 Å². The molecule has 0 rings (SSSR count). The first-order chi connectivity index (χ1) is 4.87. The molecule has 6 heteroatoms. The first-order valence-corrected chi connectivity index (χ1v) is 3.04. The third-order valence-electron chi connectivity index (χ3n) is 1.21. The van der Waals surface area contributed by atoms with Crippen LogP contribution in [0.5, 0.6) is 0 Å². The minimum absolute atomic E-state index is 0.216. The van der Waals surface area contributed by atoms with Crippen LogP contribution in [0.3, 0.4) is 0 Å². The molecule has 0 heterocycles. The zero-order valence-electron chi connectivity index (χ0n) is 5.83. The number of hydrogen-bond donors (Lipinski definition) is 0. The van der Waals surface area contributed by atoms with Crippen molar-refractivity contribution in [2.24, 2.45) is 0 Å². The number of alkyl halides is 3. The summed E-state index contributed by atoms with van der Waals surface area (Å²) in [5.41, 5.74) is 0. The lowest BCUT2D eigenvalue weighted by Gasteiger charge is -2.15. The third kappa shape index (κ3) is 4.94. The van der Waals surface area contributed by atoms with Crippen LogP contribution in [-0.4, -0.2) is 17.6 Å². The van der Waals surface area contributed by atoms with Gasteiger partial charge in [0, 0.05) is 5.34 Å². The van der Waals surface area contributed by atoms with Crippen LogP contribution in [0.25, 0.3) is 0 Å². The summed E-state index contributed by atoms with van der Waals surface area (Å²) in [5, 5.41) is -1.40. The molecule has 0 aliphatic heterocycles. The van der Waals surface area contributed by atoms with Gasteiger partial charge in [0.2, 0.25) is 0 Å². The van der Waals surface area contributed by atoms with E-state index in [2.05, 4.69) is 0 Å². The van der Waals surface area contributed by atoms with E-state index < -0.39 is 24.0 Å². The maximum Gasteiger partial charge on any atom is 0.390 e. The SMILES string of the molecule is CCC(CC(F)(F)F)N(F)F. The number of hydrogen-bond acceptors (Lipinski definition) is 1. The summed E-state index contributed by atoms with van der Waals surface area (Å²) in [6.07, 6.45) is -6.19. The van der Waals surface area contributed by atoms with Gasteiger partial charge in [0.05, 0.1) is 12.5 Å². The van der Waals surface area contributed by atoms with Gasteiger partial charge in [-0.25, -0.2) is 0 Å². The third-order valence-corrected chi connectivity index (χ3v) is 1.21. The van der Waals surface area contributed by atoms with Crippen molar-refractivity contribution in [2.75, 3.05) is 0 Å². The van der Waals surface area contributed by atoms with Gasteiger partial charge in [-0.15, -0.1) is 8.96 Å². The van der Waals surface area contributed by atoms with Crippen molar-refractivity contribution < 1.29 is 22.1 Å². The lowest BCUT2D eigenvalue weighted by Crippen LogP contribution is -2.27. The average molecular weight is 177 g/mol. The van der Waals surface area contributed by atoms with Crippen LogP contribution in [0.2, 0.25) is 0 Å². The summed E-state index contributed by atoms with van der Waals surface area (Å²) in [5.74, 6) is 0. The monoisotopic (exact) mass is 177 g/mol. The Morgan fingerprint density at radius 1 is 1.27 bits per heavy atom. The molecule has 0 saturated heterocycles. The minimum Gasteiger partial charge on any atom is -0.171 e. The Balaban J connectivity index is 3.88. The van der Waals surface area contributed by atoms with E-state index in [0.29, 0.717) is 0 Å². The molecule has 0 bridgehead atoms. The highest BCUT2D eigenvalue weighted by atomic mass is 19.4. The second kappa shape index (κ2) is 3.85. The summed E-state index contributed by atoms with van der Waals surface area (Å²) in [4.78, 5) is 0. The predicted molar refractivity (Wildman–Crippen MR) is 28.8 cm³/mol. The van der Waals surface area contributed by atoms with Gasteiger partial charge in [-0.2, -0.15) is 13.2 Å². The molecular formula is C5H8F5N. The molecule has 1 atom stereocenters. The first-order valence-electron chi connectivity index (χ1n) is 3.04. The Labute approximate surface area is 60.7 Å². The standard InChI is InChI=1S/C5H8F5N/c1-2-4(11(9)10)3-5(6,7)8/h4H,2-3H2,1H3. The van der Waals surface area contributed by atoms with E-state index in [4.69, 9.17) is 0 Å². The number of nitrogens with zero attached hydrogens (tertiary/aromatic N) is 1. The Morgan fingerprint density at radius 3 is 1.82 bits per heavy atom. The van der Waals surface area contributed by atoms with Crippen molar-refractivity contribution in [3.8, 4) is 0 Å². The van der Waals surface area contributed by atoms with Crippen LogP contribution in [0.15, 0.2) is 0 Å². The summed E-state index contributed by atoms with van der Waals surface area (Å²) >= 11 is 0. The normalized spacial score (nSPS) is 15.5. The van der Waals surface area contributed by atoms with E-state index in [1.165, 1.54) is 6.92 Å². The molecule has 0 radical (unpaired) electrons. The van der Waals surface area contributed by atoms with Gasteiger partial charge in [-0.3, -0.25) is 0 Å². The van der Waals surface area contributed by atoms with Gasteiger partial charge in [0.15, 0.2) is 0 Å². The van der Waals surface area contributed by atoms with E-state index >= 15 is 0 Å². The fourth-order valence-corrected chi connectivity index (χ4v) is 0.619. The zero-order valence-corrected chi connectivity index (χ0v) is 5.83. The molecule has 0 aliphatic carbocycles. The maximum absolute atomic E-state index is 11.6. The van der Waals surface area contributed by atoms with Crippen LogP contribution in [0.4, 0.5) is 22.1 Å². The Bertz CT molecular complexity index is 110. The Hall–Kier alpha value is -0.390. The zero-order chi connectivity index (χ0) is 9.07. The highest BCUT2D eigenvalue weighted by Gasteiger charge is 2.34. The van der Waals surface area contributed by atoms with Crippen LogP contribution < -0.4 is 0 Å². The van der Waals surface area contributed by atoms with E-state index in [1.807, 2.05) is 0 Å². The van der Waals surface area contributed by atoms with Crippen molar-refractivity contribution in [1.29, 1.82) is 0 Å². The molecule has 0 fully saturated rings. The fourth-order valence-electron chi connectivity index (χ4n) is 0.619. The molecule has 0 aromatic rings. The summed E-state index contributed by atoms with van der Waals surface area (Å²) in [6.45, 7) is 1.28. The molecule has 0 amide bonds. The van der Waals surface area contributed by atoms with Gasteiger partial charge < -0.3 is 0 Å². The van der Waals surface area contributed by atoms with Crippen molar-refractivity contribution in [3.05, 3.63) is 0 Å². The lowest BCUT2D eigenvalue weighted by atomic mass is 10.2. The van der Waals surface area contributed by atoms with Crippen molar-refractivity contribution in [2.45, 2.75) is 32.0 Å². The Morgan fingerprint density at radius 2 is 1.73 bits per heavy atom. The smallest absolute Gasteiger partial charge is 0.171 e. The summed E-state index contributed by atoms with van der Waals surface area (Å²) in [6, 6.07) is -1.71. The molecular weight excluding hydrogens is 169 g/mol. The van der Waals surface area contributed by atoms with Gasteiger partial charge >= 0.3 is 6.18 Å². The molecule has 0 aromatic carbocycles. The molecule has 0 aliphatic rings. The summed E-state index contributed by atoms with van der Waals surface area (Å²) in [7, 11) is 0.